The van der Waals surface area contributed by atoms with E-state index in [1.165, 1.54) is 165 Å². The molecular formula is C55H72O4S4. The van der Waals surface area contributed by atoms with Crippen molar-refractivity contribution >= 4 is 103 Å². The molecule has 4 heterocycles. The Kier molecular flexibility index (Phi) is 18.5. The maximum absolute atomic E-state index is 13.3. The lowest BCUT2D eigenvalue weighted by molar-refractivity contribution is 0.0503. The molecule has 7 aromatic rings. The average Bonchev–Trinajstić information content (AvgIpc) is 4.07. The topological polar surface area (TPSA) is 44.8 Å². The van der Waals surface area contributed by atoms with Gasteiger partial charge in [0.05, 0.1) is 29.4 Å². The number of carbonyl (C=O) groups is 1. The molecule has 0 aliphatic carbocycles. The predicted molar refractivity (Wildman–Crippen MR) is 280 cm³/mol. The minimum atomic E-state index is -0.186. The van der Waals surface area contributed by atoms with E-state index in [1.807, 2.05) is 34.0 Å². The fourth-order valence-electron chi connectivity index (χ4n) is 9.05. The van der Waals surface area contributed by atoms with E-state index in [1.54, 1.807) is 11.3 Å². The van der Waals surface area contributed by atoms with Gasteiger partial charge in [-0.25, -0.2) is 4.79 Å². The molecule has 0 bridgehead atoms. The molecule has 63 heavy (non-hydrogen) atoms. The summed E-state index contributed by atoms with van der Waals surface area (Å²) < 4.78 is 23.4. The molecule has 340 valence electrons. The van der Waals surface area contributed by atoms with E-state index in [-0.39, 0.29) is 5.97 Å². The van der Waals surface area contributed by atoms with Crippen molar-refractivity contribution in [2.45, 2.75) is 176 Å². The van der Waals surface area contributed by atoms with Crippen molar-refractivity contribution < 1.29 is 19.0 Å². The van der Waals surface area contributed by atoms with Gasteiger partial charge in [-0.15, -0.1) is 45.3 Å². The SMILES string of the molecule is CCCCCCCCCCCCOC(=O)c1cc2c(C)sc(-c3cc4cc5c(OCCCCCCCC)c6cc7sc(C)cc7cc6c(OCCCCCCCC)c5cc4s3)c2s1. The number of benzene rings is 3. The zero-order valence-corrected chi connectivity index (χ0v) is 42.3. The molecule has 4 nitrogen and oxygen atoms in total. The lowest BCUT2D eigenvalue weighted by atomic mass is 9.98. The number of ether oxygens (including phenoxy) is 3. The fraction of sp³-hybridized carbons (Fsp3) is 0.545. The van der Waals surface area contributed by atoms with Crippen molar-refractivity contribution in [2.75, 3.05) is 19.8 Å². The van der Waals surface area contributed by atoms with Crippen molar-refractivity contribution in [2.24, 2.45) is 0 Å². The molecule has 8 heteroatoms. The summed E-state index contributed by atoms with van der Waals surface area (Å²) in [4.78, 5) is 19.1. The first kappa shape index (κ1) is 47.8. The number of aryl methyl sites for hydroxylation is 2. The van der Waals surface area contributed by atoms with Gasteiger partial charge in [-0.2, -0.15) is 0 Å². The molecule has 0 spiro atoms. The van der Waals surface area contributed by atoms with Gasteiger partial charge in [0.2, 0.25) is 0 Å². The lowest BCUT2D eigenvalue weighted by Gasteiger charge is -2.19. The summed E-state index contributed by atoms with van der Waals surface area (Å²) in [5, 5.41) is 8.22. The Morgan fingerprint density at radius 2 is 0.921 bits per heavy atom. The Bertz CT molecular complexity index is 2420. The number of rotatable bonds is 29. The minimum absolute atomic E-state index is 0.186. The summed E-state index contributed by atoms with van der Waals surface area (Å²) in [5.41, 5.74) is 0. The molecule has 0 N–H and O–H groups in total. The second kappa shape index (κ2) is 24.4. The predicted octanol–water partition coefficient (Wildman–Crippen LogP) is 19.5. The normalized spacial score (nSPS) is 12.0. The first-order valence-electron chi connectivity index (χ1n) is 24.7. The number of carbonyl (C=O) groups excluding carboxylic acids is 1. The standard InChI is InChI=1S/C55H72O4S4/c1-6-9-12-15-18-19-20-21-24-27-30-59-55(56)50-35-42-39(5)61-54(53(42)63-50)49-34-41-33-44-46(37-48(41)62-49)51(57-28-25-22-16-13-10-7-2)43-32-40-31-38(4)60-47(40)36-45(43)52(44)58-29-26-23-17-14-11-8-3/h31-37H,6-30H2,1-5H3. The quantitative estimate of drug-likeness (QED) is 0.0267. The van der Waals surface area contributed by atoms with Crippen LogP contribution < -0.4 is 9.47 Å². The Morgan fingerprint density at radius 1 is 0.460 bits per heavy atom. The van der Waals surface area contributed by atoms with Crippen LogP contribution in [0.3, 0.4) is 0 Å². The zero-order valence-electron chi connectivity index (χ0n) is 39.0. The van der Waals surface area contributed by atoms with Crippen molar-refractivity contribution in [1.29, 1.82) is 0 Å². The Balaban J connectivity index is 1.16. The van der Waals surface area contributed by atoms with E-state index in [2.05, 4.69) is 77.1 Å². The Labute approximate surface area is 393 Å². The number of unbranched alkanes of at least 4 members (excludes halogenated alkanes) is 19. The highest BCUT2D eigenvalue weighted by Crippen LogP contribution is 2.50. The van der Waals surface area contributed by atoms with Gasteiger partial charge in [0.25, 0.3) is 0 Å². The maximum Gasteiger partial charge on any atom is 0.348 e. The first-order valence-corrected chi connectivity index (χ1v) is 28.0. The Hall–Kier alpha value is -3.17. The molecule has 3 aromatic carbocycles. The van der Waals surface area contributed by atoms with E-state index in [0.29, 0.717) is 24.7 Å². The first-order chi connectivity index (χ1) is 30.9. The fourth-order valence-corrected chi connectivity index (χ4v) is 13.7. The van der Waals surface area contributed by atoms with Crippen LogP contribution in [0.1, 0.15) is 181 Å². The van der Waals surface area contributed by atoms with Crippen LogP contribution in [-0.4, -0.2) is 25.8 Å². The van der Waals surface area contributed by atoms with Crippen LogP contribution in [0.4, 0.5) is 0 Å². The molecule has 0 amide bonds. The number of hydrogen-bond donors (Lipinski definition) is 0. The van der Waals surface area contributed by atoms with Crippen molar-refractivity contribution in [3.63, 3.8) is 0 Å². The minimum Gasteiger partial charge on any atom is -0.492 e. The third-order valence-corrected chi connectivity index (χ3v) is 17.3. The van der Waals surface area contributed by atoms with Crippen molar-refractivity contribution in [3.05, 3.63) is 57.1 Å². The van der Waals surface area contributed by atoms with Crippen LogP contribution in [0.15, 0.2) is 42.5 Å². The van der Waals surface area contributed by atoms with E-state index in [0.717, 1.165) is 58.7 Å². The van der Waals surface area contributed by atoms with E-state index < -0.39 is 0 Å². The molecule has 0 fully saturated rings. The largest absolute Gasteiger partial charge is 0.492 e. The van der Waals surface area contributed by atoms with Crippen LogP contribution >= 0.6 is 45.3 Å². The third kappa shape index (κ3) is 12.4. The average molecular weight is 925 g/mol. The molecule has 0 saturated heterocycles. The summed E-state index contributed by atoms with van der Waals surface area (Å²) in [5.74, 6) is 1.78. The van der Waals surface area contributed by atoms with E-state index in [9.17, 15) is 4.79 Å². The van der Waals surface area contributed by atoms with E-state index >= 15 is 0 Å². The van der Waals surface area contributed by atoms with Crippen LogP contribution in [0, 0.1) is 13.8 Å². The van der Waals surface area contributed by atoms with Gasteiger partial charge in [-0.3, -0.25) is 0 Å². The van der Waals surface area contributed by atoms with Crippen LogP contribution in [0.2, 0.25) is 0 Å². The molecule has 0 unspecified atom stereocenters. The van der Waals surface area contributed by atoms with Crippen LogP contribution in [0.5, 0.6) is 11.5 Å². The Morgan fingerprint density at radius 3 is 1.46 bits per heavy atom. The van der Waals surface area contributed by atoms with Gasteiger partial charge >= 0.3 is 5.97 Å². The monoisotopic (exact) mass is 924 g/mol. The summed E-state index contributed by atoms with van der Waals surface area (Å²) in [6.07, 6.45) is 27.4. The smallest absolute Gasteiger partial charge is 0.348 e. The van der Waals surface area contributed by atoms with Gasteiger partial charge in [-0.1, -0.05) is 143 Å². The highest BCUT2D eigenvalue weighted by Gasteiger charge is 2.23. The molecule has 0 aliphatic rings. The zero-order chi connectivity index (χ0) is 44.0. The number of fused-ring (bicyclic) bond motifs is 5. The molecule has 7 rings (SSSR count). The molecular weight excluding hydrogens is 853 g/mol. The van der Waals surface area contributed by atoms with E-state index in [4.69, 9.17) is 14.2 Å². The van der Waals surface area contributed by atoms with Gasteiger partial charge in [0.15, 0.2) is 0 Å². The summed E-state index contributed by atoms with van der Waals surface area (Å²) in [6, 6.07) is 16.2. The molecule has 0 atom stereocenters. The maximum atomic E-state index is 13.3. The van der Waals surface area contributed by atoms with Crippen molar-refractivity contribution in [1.82, 2.24) is 0 Å². The van der Waals surface area contributed by atoms with Crippen LogP contribution in [0.25, 0.3) is 61.6 Å². The number of thiophene rings is 4. The molecule has 0 saturated carbocycles. The van der Waals surface area contributed by atoms with Crippen LogP contribution in [-0.2, 0) is 4.74 Å². The number of hydrogen-bond acceptors (Lipinski definition) is 8. The summed E-state index contributed by atoms with van der Waals surface area (Å²) in [7, 11) is 0. The van der Waals surface area contributed by atoms with Gasteiger partial charge < -0.3 is 14.2 Å². The summed E-state index contributed by atoms with van der Waals surface area (Å²) >= 11 is 7.13. The van der Waals surface area contributed by atoms with Gasteiger partial charge in [0, 0.05) is 51.0 Å². The molecule has 4 aromatic heterocycles. The highest BCUT2D eigenvalue weighted by molar-refractivity contribution is 7.31. The second-order valence-electron chi connectivity index (χ2n) is 17.9. The molecule has 0 aliphatic heterocycles. The van der Waals surface area contributed by atoms with Crippen molar-refractivity contribution in [3.8, 4) is 21.3 Å². The molecule has 0 radical (unpaired) electrons. The lowest BCUT2D eigenvalue weighted by Crippen LogP contribution is -2.04. The second-order valence-corrected chi connectivity index (χ2v) is 22.5. The third-order valence-electron chi connectivity index (χ3n) is 12.6. The highest BCUT2D eigenvalue weighted by atomic mass is 32.1. The van der Waals surface area contributed by atoms with Gasteiger partial charge in [0.1, 0.15) is 16.4 Å². The summed E-state index contributed by atoms with van der Waals surface area (Å²) in [6.45, 7) is 13.1. The van der Waals surface area contributed by atoms with Gasteiger partial charge in [-0.05, 0) is 86.3 Å². The number of esters is 1.